The number of piperidine rings is 1. The van der Waals surface area contributed by atoms with E-state index >= 15 is 0 Å². The van der Waals surface area contributed by atoms with Crippen molar-refractivity contribution in [1.29, 1.82) is 0 Å². The third kappa shape index (κ3) is 5.17. The molecule has 0 aliphatic carbocycles. The van der Waals surface area contributed by atoms with Gasteiger partial charge in [0.05, 0.1) is 11.1 Å². The minimum atomic E-state index is -1.14. The van der Waals surface area contributed by atoms with Gasteiger partial charge < -0.3 is 20.5 Å². The SMILES string of the molecule is O=C(O)NCc1cccc(CNC(=O)COc2cccc3c2C(=O)N(C2CCC(=O)NC2=O)C3=O)c1. The third-order valence-electron chi connectivity index (χ3n) is 5.71. The van der Waals surface area contributed by atoms with Crippen LogP contribution in [0.15, 0.2) is 42.5 Å². The first-order chi connectivity index (χ1) is 17.2. The Morgan fingerprint density at radius 3 is 2.39 bits per heavy atom. The van der Waals surface area contributed by atoms with Crippen molar-refractivity contribution in [1.82, 2.24) is 20.9 Å². The highest BCUT2D eigenvalue weighted by Crippen LogP contribution is 2.33. The van der Waals surface area contributed by atoms with Crippen LogP contribution in [0.4, 0.5) is 4.79 Å². The fourth-order valence-electron chi connectivity index (χ4n) is 4.03. The molecule has 4 rings (SSSR count). The van der Waals surface area contributed by atoms with Crippen LogP contribution in [0.2, 0.25) is 0 Å². The number of fused-ring (bicyclic) bond motifs is 1. The molecule has 12 heteroatoms. The maximum absolute atomic E-state index is 13.1. The smallest absolute Gasteiger partial charge is 0.404 e. The molecular formula is C24H22N4O8. The van der Waals surface area contributed by atoms with Crippen molar-refractivity contribution in [3.8, 4) is 5.75 Å². The molecule has 2 aliphatic rings. The van der Waals surface area contributed by atoms with Crippen molar-refractivity contribution < 1.29 is 38.6 Å². The number of nitrogens with one attached hydrogen (secondary N) is 3. The van der Waals surface area contributed by atoms with Crippen molar-refractivity contribution in [2.75, 3.05) is 6.61 Å². The summed E-state index contributed by atoms with van der Waals surface area (Å²) in [4.78, 5) is 73.4. The number of benzene rings is 2. The Bertz CT molecular complexity index is 1270. The molecule has 1 atom stereocenters. The van der Waals surface area contributed by atoms with E-state index in [-0.39, 0.29) is 42.8 Å². The summed E-state index contributed by atoms with van der Waals surface area (Å²) in [6, 6.07) is 10.3. The van der Waals surface area contributed by atoms with Gasteiger partial charge in [-0.2, -0.15) is 0 Å². The second kappa shape index (κ2) is 10.3. The number of hydrogen-bond donors (Lipinski definition) is 4. The van der Waals surface area contributed by atoms with Gasteiger partial charge in [0.1, 0.15) is 11.8 Å². The number of imide groups is 2. The Morgan fingerprint density at radius 2 is 1.69 bits per heavy atom. The molecule has 0 aromatic heterocycles. The average Bonchev–Trinajstić information content (AvgIpc) is 3.11. The van der Waals surface area contributed by atoms with E-state index in [1.165, 1.54) is 18.2 Å². The first-order valence-electron chi connectivity index (χ1n) is 11.0. The number of amides is 6. The minimum Gasteiger partial charge on any atom is -0.483 e. The van der Waals surface area contributed by atoms with Gasteiger partial charge in [-0.05, 0) is 29.7 Å². The molecule has 1 saturated heterocycles. The molecule has 2 heterocycles. The highest BCUT2D eigenvalue weighted by Gasteiger charge is 2.46. The molecule has 186 valence electrons. The molecular weight excluding hydrogens is 472 g/mol. The first kappa shape index (κ1) is 24.4. The molecule has 2 aromatic carbocycles. The van der Waals surface area contributed by atoms with Crippen LogP contribution in [0, 0.1) is 0 Å². The second-order valence-corrected chi connectivity index (χ2v) is 8.17. The summed E-state index contributed by atoms with van der Waals surface area (Å²) in [5, 5.41) is 15.8. The molecule has 0 radical (unpaired) electrons. The van der Waals surface area contributed by atoms with E-state index in [0.29, 0.717) is 0 Å². The highest BCUT2D eigenvalue weighted by molar-refractivity contribution is 6.24. The second-order valence-electron chi connectivity index (χ2n) is 8.17. The Balaban J connectivity index is 1.38. The van der Waals surface area contributed by atoms with Crippen molar-refractivity contribution in [2.24, 2.45) is 0 Å². The van der Waals surface area contributed by atoms with Crippen LogP contribution in [-0.2, 0) is 27.5 Å². The zero-order chi connectivity index (χ0) is 25.8. The van der Waals surface area contributed by atoms with Gasteiger partial charge in [0.15, 0.2) is 6.61 Å². The van der Waals surface area contributed by atoms with E-state index in [2.05, 4.69) is 16.0 Å². The van der Waals surface area contributed by atoms with E-state index in [1.807, 2.05) is 0 Å². The molecule has 0 spiro atoms. The van der Waals surface area contributed by atoms with Gasteiger partial charge in [-0.15, -0.1) is 0 Å². The van der Waals surface area contributed by atoms with E-state index in [4.69, 9.17) is 9.84 Å². The standard InChI is InChI=1S/C24H22N4O8/c29-18-8-7-16(21(31)27-18)28-22(32)15-5-2-6-17(20(15)23(28)33)36-12-19(30)25-10-13-3-1-4-14(9-13)11-26-24(34)35/h1-6,9,16,26H,7-8,10-12H2,(H,25,30)(H,34,35)(H,27,29,31). The molecule has 0 saturated carbocycles. The highest BCUT2D eigenvalue weighted by atomic mass is 16.5. The summed E-state index contributed by atoms with van der Waals surface area (Å²) in [5.41, 5.74) is 1.48. The quantitative estimate of drug-likeness (QED) is 0.385. The molecule has 0 bridgehead atoms. The summed E-state index contributed by atoms with van der Waals surface area (Å²) in [7, 11) is 0. The number of hydrogen-bond acceptors (Lipinski definition) is 7. The first-order valence-corrected chi connectivity index (χ1v) is 11.0. The zero-order valence-electron chi connectivity index (χ0n) is 18.9. The summed E-state index contributed by atoms with van der Waals surface area (Å²) in [5.74, 6) is -3.04. The molecule has 6 amide bonds. The summed E-state index contributed by atoms with van der Waals surface area (Å²) in [6.07, 6.45) is -1.10. The maximum atomic E-state index is 13.1. The largest absolute Gasteiger partial charge is 0.483 e. The predicted molar refractivity (Wildman–Crippen MR) is 122 cm³/mol. The molecule has 12 nitrogen and oxygen atoms in total. The lowest BCUT2D eigenvalue weighted by molar-refractivity contribution is -0.136. The maximum Gasteiger partial charge on any atom is 0.404 e. The number of carboxylic acid groups (broad SMARTS) is 1. The van der Waals surface area contributed by atoms with Crippen LogP contribution >= 0.6 is 0 Å². The van der Waals surface area contributed by atoms with Gasteiger partial charge in [-0.1, -0.05) is 30.3 Å². The summed E-state index contributed by atoms with van der Waals surface area (Å²) >= 11 is 0. The number of nitrogens with zero attached hydrogens (tertiary/aromatic N) is 1. The van der Waals surface area contributed by atoms with E-state index in [0.717, 1.165) is 16.0 Å². The van der Waals surface area contributed by atoms with E-state index in [1.54, 1.807) is 24.3 Å². The number of carbonyl (C=O) groups excluding carboxylic acids is 5. The van der Waals surface area contributed by atoms with Gasteiger partial charge >= 0.3 is 6.09 Å². The monoisotopic (exact) mass is 494 g/mol. The fraction of sp³-hybridized carbons (Fsp3) is 0.250. The number of rotatable bonds is 8. The Morgan fingerprint density at radius 1 is 1.00 bits per heavy atom. The van der Waals surface area contributed by atoms with Crippen LogP contribution < -0.4 is 20.7 Å². The fourth-order valence-corrected chi connectivity index (χ4v) is 4.03. The lowest BCUT2D eigenvalue weighted by atomic mass is 10.0. The lowest BCUT2D eigenvalue weighted by Gasteiger charge is -2.27. The number of carbonyl (C=O) groups is 6. The van der Waals surface area contributed by atoms with Crippen LogP contribution in [-0.4, -0.2) is 58.3 Å². The molecule has 36 heavy (non-hydrogen) atoms. The van der Waals surface area contributed by atoms with Gasteiger partial charge in [0.25, 0.3) is 17.7 Å². The zero-order valence-corrected chi connectivity index (χ0v) is 18.9. The average molecular weight is 494 g/mol. The Labute approximate surface area is 204 Å². The van der Waals surface area contributed by atoms with Crippen molar-refractivity contribution in [2.45, 2.75) is 32.0 Å². The van der Waals surface area contributed by atoms with Gasteiger partial charge in [-0.25, -0.2) is 4.79 Å². The van der Waals surface area contributed by atoms with Crippen LogP contribution in [0.5, 0.6) is 5.75 Å². The van der Waals surface area contributed by atoms with Crippen molar-refractivity contribution in [3.63, 3.8) is 0 Å². The van der Waals surface area contributed by atoms with Crippen LogP contribution in [0.25, 0.3) is 0 Å². The van der Waals surface area contributed by atoms with Gasteiger partial charge in [0.2, 0.25) is 11.8 Å². The Kier molecular flexibility index (Phi) is 6.95. The Hall–Kier alpha value is -4.74. The van der Waals surface area contributed by atoms with Crippen LogP contribution in [0.1, 0.15) is 44.7 Å². The topological polar surface area (TPSA) is 171 Å². The molecule has 2 aliphatic heterocycles. The van der Waals surface area contributed by atoms with Crippen molar-refractivity contribution in [3.05, 3.63) is 64.7 Å². The van der Waals surface area contributed by atoms with Gasteiger partial charge in [-0.3, -0.25) is 34.2 Å². The third-order valence-corrected chi connectivity index (χ3v) is 5.71. The molecule has 1 unspecified atom stereocenters. The molecule has 1 fully saturated rings. The summed E-state index contributed by atoms with van der Waals surface area (Å²) in [6.45, 7) is -0.144. The number of ether oxygens (including phenoxy) is 1. The molecule has 4 N–H and O–H groups in total. The lowest BCUT2D eigenvalue weighted by Crippen LogP contribution is -2.54. The normalized spacial score (nSPS) is 16.9. The predicted octanol–water partition coefficient (Wildman–Crippen LogP) is 0.551. The van der Waals surface area contributed by atoms with Crippen molar-refractivity contribution >= 4 is 35.6 Å². The van der Waals surface area contributed by atoms with E-state index < -0.39 is 48.3 Å². The summed E-state index contributed by atoms with van der Waals surface area (Å²) < 4.78 is 5.54. The van der Waals surface area contributed by atoms with Gasteiger partial charge in [0, 0.05) is 19.5 Å². The molecule has 2 aromatic rings. The minimum absolute atomic E-state index is 0.00627. The van der Waals surface area contributed by atoms with E-state index in [9.17, 15) is 28.8 Å². The van der Waals surface area contributed by atoms with Crippen LogP contribution in [0.3, 0.4) is 0 Å².